The fourth-order valence-corrected chi connectivity index (χ4v) is 2.41. The summed E-state index contributed by atoms with van der Waals surface area (Å²) < 4.78 is 9.01. The summed E-state index contributed by atoms with van der Waals surface area (Å²) in [6.45, 7) is 4.05. The average molecular weight is 433 g/mol. The zero-order chi connectivity index (χ0) is 21.5. The van der Waals surface area contributed by atoms with Crippen LogP contribution < -0.4 is 11.1 Å². The van der Waals surface area contributed by atoms with Gasteiger partial charge in [0, 0.05) is 22.8 Å². The number of nitrogens with two attached hydrogens (primary N) is 1. The highest BCUT2D eigenvalue weighted by atomic mass is 35.5. The number of ether oxygens (including phenoxy) is 2. The molecule has 0 spiro atoms. The number of nitrogens with one attached hydrogen (secondary N) is 1. The summed E-state index contributed by atoms with van der Waals surface area (Å²) in [5.74, 6) is -1.56. The molecule has 0 bridgehead atoms. The third-order valence-electron chi connectivity index (χ3n) is 3.10. The molecule has 2 rings (SSSR count). The van der Waals surface area contributed by atoms with Gasteiger partial charge < -0.3 is 20.5 Å². The maximum absolute atomic E-state index is 11.6. The van der Waals surface area contributed by atoms with Gasteiger partial charge in [-0.25, -0.2) is 0 Å². The molecule has 1 unspecified atom stereocenters. The number of carbonyl (C=O) groups excluding carboxylic acids is 3. The Bertz CT molecular complexity index is 639. The summed E-state index contributed by atoms with van der Waals surface area (Å²) in [6.07, 6.45) is 7.18. The maximum Gasteiger partial charge on any atom is 0.293 e. The molecular weight excluding hydrogens is 407 g/mol. The molecule has 156 valence electrons. The zero-order valence-electron chi connectivity index (χ0n) is 16.1. The highest BCUT2D eigenvalue weighted by molar-refractivity contribution is 6.35. The molecule has 0 heterocycles. The van der Waals surface area contributed by atoms with Gasteiger partial charge in [-0.2, -0.15) is 0 Å². The Morgan fingerprint density at radius 2 is 1.68 bits per heavy atom. The third kappa shape index (κ3) is 12.3. The minimum atomic E-state index is -1.35. The van der Waals surface area contributed by atoms with Crippen LogP contribution in [0.15, 0.2) is 30.4 Å². The van der Waals surface area contributed by atoms with Crippen LogP contribution in [0.5, 0.6) is 0 Å². The largest absolute Gasteiger partial charge is 0.465 e. The molecule has 0 saturated carbocycles. The topological polar surface area (TPSA) is 108 Å². The number of benzene rings is 1. The van der Waals surface area contributed by atoms with Gasteiger partial charge in [-0.05, 0) is 51.3 Å². The van der Waals surface area contributed by atoms with E-state index in [4.69, 9.17) is 28.9 Å². The number of methoxy groups -OCH3 is 1. The number of amides is 2. The first-order valence-electron chi connectivity index (χ1n) is 8.54. The predicted octanol–water partition coefficient (Wildman–Crippen LogP) is 3.73. The van der Waals surface area contributed by atoms with Gasteiger partial charge in [0.25, 0.3) is 18.3 Å². The van der Waals surface area contributed by atoms with E-state index in [9.17, 15) is 14.4 Å². The van der Waals surface area contributed by atoms with Gasteiger partial charge >= 0.3 is 0 Å². The fourth-order valence-electron chi connectivity index (χ4n) is 1.89. The fraction of sp³-hybridized carbons (Fsp3) is 0.421. The standard InChI is InChI=1S/C10H10Cl2N2O3.C5H8.C4H8O2/c1-17-8(9(13)15)10(16)14-7-3-5(11)2-6(12)4-7;1-2-4-5-3-1;1-4(2)6-3-5/h2-4,8H,1H3,(H2,13,15)(H,14,16);1-2H,3-5H2;3-4H,1-2H3. The summed E-state index contributed by atoms with van der Waals surface area (Å²) in [5.41, 5.74) is 5.34. The van der Waals surface area contributed by atoms with E-state index in [1.807, 2.05) is 0 Å². The van der Waals surface area contributed by atoms with Crippen molar-refractivity contribution in [1.29, 1.82) is 0 Å². The van der Waals surface area contributed by atoms with E-state index in [0.717, 1.165) is 0 Å². The lowest BCUT2D eigenvalue weighted by Crippen LogP contribution is -2.40. The summed E-state index contributed by atoms with van der Waals surface area (Å²) in [6, 6.07) is 4.48. The molecule has 0 aliphatic heterocycles. The van der Waals surface area contributed by atoms with Crippen molar-refractivity contribution in [2.75, 3.05) is 12.4 Å². The van der Waals surface area contributed by atoms with Gasteiger partial charge in [-0.3, -0.25) is 14.4 Å². The van der Waals surface area contributed by atoms with Crippen LogP contribution in [0, 0.1) is 0 Å². The second-order valence-corrected chi connectivity index (χ2v) is 6.72. The van der Waals surface area contributed by atoms with E-state index in [2.05, 4.69) is 26.9 Å². The van der Waals surface area contributed by atoms with Crippen LogP contribution in [0.25, 0.3) is 0 Å². The third-order valence-corrected chi connectivity index (χ3v) is 3.53. The number of anilines is 1. The number of hydrogen-bond acceptors (Lipinski definition) is 5. The van der Waals surface area contributed by atoms with Crippen molar-refractivity contribution in [3.05, 3.63) is 40.4 Å². The molecule has 3 N–H and O–H groups in total. The van der Waals surface area contributed by atoms with Gasteiger partial charge in [-0.15, -0.1) is 0 Å². The first-order chi connectivity index (χ1) is 13.2. The normalized spacial score (nSPS) is 12.8. The van der Waals surface area contributed by atoms with Crippen LogP contribution >= 0.6 is 23.2 Å². The van der Waals surface area contributed by atoms with E-state index < -0.39 is 17.9 Å². The SMILES string of the molecule is C1=CCCC1.CC(C)OC=O.COC(C(N)=O)C(=O)Nc1cc(Cl)cc(Cl)c1. The van der Waals surface area contributed by atoms with E-state index in [-0.39, 0.29) is 6.10 Å². The highest BCUT2D eigenvalue weighted by Gasteiger charge is 2.23. The zero-order valence-corrected chi connectivity index (χ0v) is 17.6. The predicted molar refractivity (Wildman–Crippen MR) is 110 cm³/mol. The van der Waals surface area contributed by atoms with Crippen LogP contribution in [-0.2, 0) is 23.9 Å². The molecule has 1 aromatic carbocycles. The van der Waals surface area contributed by atoms with Gasteiger partial charge in [-0.1, -0.05) is 35.4 Å². The van der Waals surface area contributed by atoms with E-state index in [1.165, 1.54) is 44.6 Å². The molecule has 28 heavy (non-hydrogen) atoms. The van der Waals surface area contributed by atoms with Crippen molar-refractivity contribution in [1.82, 2.24) is 0 Å². The number of allylic oxidation sites excluding steroid dienone is 2. The van der Waals surface area contributed by atoms with E-state index in [1.54, 1.807) is 13.8 Å². The Balaban J connectivity index is 0.000000537. The lowest BCUT2D eigenvalue weighted by Gasteiger charge is -2.12. The first-order valence-corrected chi connectivity index (χ1v) is 9.30. The molecule has 2 amide bonds. The van der Waals surface area contributed by atoms with Crippen LogP contribution in [0.2, 0.25) is 10.0 Å². The highest BCUT2D eigenvalue weighted by Crippen LogP contribution is 2.22. The Morgan fingerprint density at radius 1 is 1.14 bits per heavy atom. The minimum Gasteiger partial charge on any atom is -0.465 e. The Hall–Kier alpha value is -2.09. The lowest BCUT2D eigenvalue weighted by atomic mass is 10.2. The molecule has 0 aromatic heterocycles. The van der Waals surface area contributed by atoms with Crippen molar-refractivity contribution in [2.24, 2.45) is 5.73 Å². The van der Waals surface area contributed by atoms with Crippen molar-refractivity contribution < 1.29 is 23.9 Å². The van der Waals surface area contributed by atoms with Gasteiger partial charge in [0.15, 0.2) is 0 Å². The molecule has 9 heteroatoms. The molecule has 1 atom stereocenters. The Labute approximate surface area is 175 Å². The molecule has 1 aromatic rings. The van der Waals surface area contributed by atoms with Crippen molar-refractivity contribution in [3.8, 4) is 0 Å². The first kappa shape index (κ1) is 25.9. The van der Waals surface area contributed by atoms with E-state index >= 15 is 0 Å². The van der Waals surface area contributed by atoms with Gasteiger partial charge in [0.05, 0.1) is 6.10 Å². The van der Waals surface area contributed by atoms with Crippen LogP contribution in [0.4, 0.5) is 5.69 Å². The summed E-state index contributed by atoms with van der Waals surface area (Å²) in [5, 5.41) is 3.15. The number of primary amides is 1. The number of carbonyl (C=O) groups is 3. The quantitative estimate of drug-likeness (QED) is 0.404. The van der Waals surface area contributed by atoms with E-state index in [0.29, 0.717) is 22.2 Å². The second kappa shape index (κ2) is 14.9. The van der Waals surface area contributed by atoms with Crippen LogP contribution in [0.1, 0.15) is 33.1 Å². The molecular formula is C19H26Cl2N2O5. The molecule has 1 aliphatic rings. The maximum atomic E-state index is 11.6. The Morgan fingerprint density at radius 3 is 1.96 bits per heavy atom. The summed E-state index contributed by atoms with van der Waals surface area (Å²) in [7, 11) is 1.21. The minimum absolute atomic E-state index is 0.0301. The molecule has 0 radical (unpaired) electrons. The second-order valence-electron chi connectivity index (χ2n) is 5.85. The molecule has 0 saturated heterocycles. The number of hydrogen-bond donors (Lipinski definition) is 2. The Kier molecular flexibility index (Phi) is 13.8. The molecule has 1 aliphatic carbocycles. The number of rotatable bonds is 6. The summed E-state index contributed by atoms with van der Waals surface area (Å²) >= 11 is 11.5. The van der Waals surface area contributed by atoms with Crippen LogP contribution in [0.3, 0.4) is 0 Å². The number of halogens is 2. The average Bonchev–Trinajstić information content (AvgIpc) is 3.14. The lowest BCUT2D eigenvalue weighted by molar-refractivity contribution is -0.138. The van der Waals surface area contributed by atoms with Crippen LogP contribution in [-0.4, -0.2) is 37.6 Å². The van der Waals surface area contributed by atoms with Crippen molar-refractivity contribution in [2.45, 2.75) is 45.3 Å². The van der Waals surface area contributed by atoms with Gasteiger partial charge in [0.1, 0.15) is 0 Å². The smallest absolute Gasteiger partial charge is 0.293 e. The monoisotopic (exact) mass is 432 g/mol. The van der Waals surface area contributed by atoms with Crippen molar-refractivity contribution in [3.63, 3.8) is 0 Å². The van der Waals surface area contributed by atoms with Gasteiger partial charge in [0.2, 0.25) is 6.10 Å². The van der Waals surface area contributed by atoms with Crippen molar-refractivity contribution >= 4 is 47.2 Å². The molecule has 7 nitrogen and oxygen atoms in total. The molecule has 0 fully saturated rings. The summed E-state index contributed by atoms with van der Waals surface area (Å²) in [4.78, 5) is 31.9.